The summed E-state index contributed by atoms with van der Waals surface area (Å²) in [4.78, 5) is 0. The molecule has 1 atom stereocenters. The Labute approximate surface area is 135 Å². The number of nitrogens with two attached hydrogens (primary N) is 1. The lowest BCUT2D eigenvalue weighted by Gasteiger charge is -2.15. The summed E-state index contributed by atoms with van der Waals surface area (Å²) < 4.78 is 19.9. The standard InChI is InChI=1S/C20H18FNO/c21-19-12-11-17(23-16-9-5-2-6-10-16)14-18(19)20(22)13-15-7-3-1-4-8-15/h1-12,14,20H,13,22H2. The SMILES string of the molecule is NC(Cc1ccccc1)c1cc(Oc2ccccc2)ccc1F. The Morgan fingerprint density at radius 1 is 0.826 bits per heavy atom. The highest BCUT2D eigenvalue weighted by Gasteiger charge is 2.13. The number of benzene rings is 3. The first-order chi connectivity index (χ1) is 11.2. The lowest BCUT2D eigenvalue weighted by molar-refractivity contribution is 0.477. The summed E-state index contributed by atoms with van der Waals surface area (Å²) in [6.07, 6.45) is 0.576. The second-order valence-corrected chi connectivity index (χ2v) is 5.39. The van der Waals surface area contributed by atoms with E-state index in [9.17, 15) is 4.39 Å². The first-order valence-electron chi connectivity index (χ1n) is 7.54. The predicted molar refractivity (Wildman–Crippen MR) is 90.0 cm³/mol. The van der Waals surface area contributed by atoms with Crippen LogP contribution in [-0.2, 0) is 6.42 Å². The van der Waals surface area contributed by atoms with Gasteiger partial charge in [-0.25, -0.2) is 4.39 Å². The van der Waals surface area contributed by atoms with E-state index in [4.69, 9.17) is 10.5 Å². The average Bonchev–Trinajstić information content (AvgIpc) is 2.58. The fourth-order valence-corrected chi connectivity index (χ4v) is 2.47. The summed E-state index contributed by atoms with van der Waals surface area (Å²) in [5, 5.41) is 0. The van der Waals surface area contributed by atoms with Gasteiger partial charge in [-0.1, -0.05) is 48.5 Å². The number of para-hydroxylation sites is 1. The molecular formula is C20H18FNO. The van der Waals surface area contributed by atoms with Crippen molar-refractivity contribution in [1.29, 1.82) is 0 Å². The predicted octanol–water partition coefficient (Wildman–Crippen LogP) is 4.86. The van der Waals surface area contributed by atoms with E-state index in [1.54, 1.807) is 12.1 Å². The van der Waals surface area contributed by atoms with Gasteiger partial charge in [-0.2, -0.15) is 0 Å². The van der Waals surface area contributed by atoms with Crippen molar-refractivity contribution in [2.24, 2.45) is 5.73 Å². The topological polar surface area (TPSA) is 35.2 Å². The van der Waals surface area contributed by atoms with E-state index in [2.05, 4.69) is 0 Å². The van der Waals surface area contributed by atoms with E-state index >= 15 is 0 Å². The van der Waals surface area contributed by atoms with Gasteiger partial charge in [0.05, 0.1) is 0 Å². The fourth-order valence-electron chi connectivity index (χ4n) is 2.47. The van der Waals surface area contributed by atoms with Crippen LogP contribution in [0.25, 0.3) is 0 Å². The lowest BCUT2D eigenvalue weighted by atomic mass is 9.99. The molecule has 0 bridgehead atoms. The van der Waals surface area contributed by atoms with Gasteiger partial charge in [-0.05, 0) is 42.3 Å². The number of hydrogen-bond acceptors (Lipinski definition) is 2. The van der Waals surface area contributed by atoms with Crippen molar-refractivity contribution >= 4 is 0 Å². The third-order valence-corrected chi connectivity index (χ3v) is 3.64. The Morgan fingerprint density at radius 2 is 1.48 bits per heavy atom. The van der Waals surface area contributed by atoms with Gasteiger partial charge in [-0.3, -0.25) is 0 Å². The van der Waals surface area contributed by atoms with Crippen molar-refractivity contribution in [2.75, 3.05) is 0 Å². The molecule has 2 N–H and O–H groups in total. The van der Waals surface area contributed by atoms with Crippen molar-refractivity contribution in [1.82, 2.24) is 0 Å². The van der Waals surface area contributed by atoms with Gasteiger partial charge >= 0.3 is 0 Å². The summed E-state index contributed by atoms with van der Waals surface area (Å²) in [6, 6.07) is 23.5. The summed E-state index contributed by atoms with van der Waals surface area (Å²) in [5.41, 5.74) is 7.73. The van der Waals surface area contributed by atoms with Gasteiger partial charge in [0.15, 0.2) is 0 Å². The van der Waals surface area contributed by atoms with E-state index in [0.29, 0.717) is 23.5 Å². The van der Waals surface area contributed by atoms with E-state index in [0.717, 1.165) is 5.56 Å². The Bertz CT molecular complexity index is 759. The molecule has 2 nitrogen and oxygen atoms in total. The van der Waals surface area contributed by atoms with Gasteiger partial charge in [-0.15, -0.1) is 0 Å². The highest BCUT2D eigenvalue weighted by molar-refractivity contribution is 5.36. The summed E-state index contributed by atoms with van der Waals surface area (Å²) >= 11 is 0. The zero-order valence-corrected chi connectivity index (χ0v) is 12.7. The molecule has 0 aliphatic heterocycles. The molecule has 0 radical (unpaired) electrons. The van der Waals surface area contributed by atoms with E-state index in [1.807, 2.05) is 60.7 Å². The molecular weight excluding hydrogens is 289 g/mol. The molecule has 116 valence electrons. The third kappa shape index (κ3) is 3.96. The molecule has 1 unspecified atom stereocenters. The molecule has 0 heterocycles. The highest BCUT2D eigenvalue weighted by Crippen LogP contribution is 2.27. The number of rotatable bonds is 5. The Kier molecular flexibility index (Phi) is 4.69. The smallest absolute Gasteiger partial charge is 0.128 e. The zero-order valence-electron chi connectivity index (χ0n) is 12.7. The Hall–Kier alpha value is -2.65. The van der Waals surface area contributed by atoms with Crippen molar-refractivity contribution < 1.29 is 9.13 Å². The monoisotopic (exact) mass is 307 g/mol. The molecule has 0 spiro atoms. The van der Waals surface area contributed by atoms with Crippen LogP contribution in [0.4, 0.5) is 4.39 Å². The molecule has 3 aromatic rings. The maximum absolute atomic E-state index is 14.1. The minimum atomic E-state index is -0.420. The Morgan fingerprint density at radius 3 is 2.17 bits per heavy atom. The normalized spacial score (nSPS) is 11.9. The average molecular weight is 307 g/mol. The van der Waals surface area contributed by atoms with Gasteiger partial charge in [0.1, 0.15) is 17.3 Å². The third-order valence-electron chi connectivity index (χ3n) is 3.64. The van der Waals surface area contributed by atoms with Crippen LogP contribution in [0.3, 0.4) is 0 Å². The van der Waals surface area contributed by atoms with Crippen LogP contribution in [0.15, 0.2) is 78.9 Å². The Balaban J connectivity index is 1.80. The van der Waals surface area contributed by atoms with E-state index in [-0.39, 0.29) is 5.82 Å². The van der Waals surface area contributed by atoms with Crippen LogP contribution in [-0.4, -0.2) is 0 Å². The molecule has 0 aliphatic carbocycles. The van der Waals surface area contributed by atoms with Crippen LogP contribution in [0.1, 0.15) is 17.2 Å². The van der Waals surface area contributed by atoms with Crippen molar-refractivity contribution in [3.63, 3.8) is 0 Å². The lowest BCUT2D eigenvalue weighted by Crippen LogP contribution is -2.15. The largest absolute Gasteiger partial charge is 0.457 e. The van der Waals surface area contributed by atoms with Crippen molar-refractivity contribution in [3.8, 4) is 11.5 Å². The summed E-state index contributed by atoms with van der Waals surface area (Å²) in [5.74, 6) is 0.978. The first kappa shape index (κ1) is 15.3. The molecule has 0 aliphatic rings. The molecule has 3 heteroatoms. The number of hydrogen-bond donors (Lipinski definition) is 1. The van der Waals surface area contributed by atoms with Crippen LogP contribution in [0.2, 0.25) is 0 Å². The van der Waals surface area contributed by atoms with Crippen molar-refractivity contribution in [2.45, 2.75) is 12.5 Å². The number of ether oxygens (including phenoxy) is 1. The quantitative estimate of drug-likeness (QED) is 0.730. The van der Waals surface area contributed by atoms with Crippen LogP contribution in [0, 0.1) is 5.82 Å². The van der Waals surface area contributed by atoms with Gasteiger partial charge in [0.2, 0.25) is 0 Å². The van der Waals surface area contributed by atoms with E-state index < -0.39 is 6.04 Å². The van der Waals surface area contributed by atoms with Crippen molar-refractivity contribution in [3.05, 3.63) is 95.8 Å². The molecule has 0 fully saturated rings. The first-order valence-corrected chi connectivity index (χ1v) is 7.54. The summed E-state index contributed by atoms with van der Waals surface area (Å²) in [6.45, 7) is 0. The molecule has 0 amide bonds. The molecule has 23 heavy (non-hydrogen) atoms. The van der Waals surface area contributed by atoms with Crippen LogP contribution >= 0.6 is 0 Å². The molecule has 0 saturated heterocycles. The van der Waals surface area contributed by atoms with Gasteiger partial charge in [0.25, 0.3) is 0 Å². The van der Waals surface area contributed by atoms with Crippen LogP contribution < -0.4 is 10.5 Å². The maximum atomic E-state index is 14.1. The molecule has 0 saturated carbocycles. The van der Waals surface area contributed by atoms with Gasteiger partial charge < -0.3 is 10.5 Å². The highest BCUT2D eigenvalue weighted by atomic mass is 19.1. The maximum Gasteiger partial charge on any atom is 0.128 e. The zero-order chi connectivity index (χ0) is 16.1. The van der Waals surface area contributed by atoms with Crippen LogP contribution in [0.5, 0.6) is 11.5 Å². The molecule has 3 aromatic carbocycles. The fraction of sp³-hybridized carbons (Fsp3) is 0.100. The minimum Gasteiger partial charge on any atom is -0.457 e. The second kappa shape index (κ2) is 7.07. The van der Waals surface area contributed by atoms with Gasteiger partial charge in [0, 0.05) is 11.6 Å². The summed E-state index contributed by atoms with van der Waals surface area (Å²) in [7, 11) is 0. The van der Waals surface area contributed by atoms with E-state index in [1.165, 1.54) is 6.07 Å². The molecule has 0 aromatic heterocycles. The second-order valence-electron chi connectivity index (χ2n) is 5.39. The molecule has 3 rings (SSSR count). The number of halogens is 1. The minimum absolute atomic E-state index is 0.311.